The number of fused-ring (bicyclic) bond motifs is 7. The molecule has 6 heteroatoms. The lowest BCUT2D eigenvalue weighted by Gasteiger charge is -2.27. The van der Waals surface area contributed by atoms with Crippen molar-refractivity contribution in [1.29, 1.82) is 0 Å². The number of esters is 2. The molecule has 1 aliphatic heterocycles. The van der Waals surface area contributed by atoms with E-state index in [1.165, 1.54) is 34.4 Å². The second kappa shape index (κ2) is 13.3. The van der Waals surface area contributed by atoms with Gasteiger partial charge in [-0.2, -0.15) is 0 Å². The molecule has 0 fully saturated rings. The maximum atomic E-state index is 12.9. The number of carbonyl (C=O) groups excluding carboxylic acids is 2. The monoisotopic (exact) mass is 626 g/mol. The Morgan fingerprint density at radius 3 is 1.43 bits per heavy atom. The Balaban J connectivity index is 1.30. The molecule has 0 atom stereocenters. The highest BCUT2D eigenvalue weighted by atomic mass is 16.7. The van der Waals surface area contributed by atoms with Crippen LogP contribution in [0.15, 0.2) is 72.8 Å². The zero-order chi connectivity index (χ0) is 32.3. The van der Waals surface area contributed by atoms with Gasteiger partial charge in [-0.3, -0.25) is 0 Å². The number of aryl methyl sites for hydroxylation is 4. The Morgan fingerprint density at radius 1 is 0.596 bits per heavy atom. The van der Waals surface area contributed by atoms with Crippen LogP contribution < -0.4 is 18.9 Å². The first-order valence-electron chi connectivity index (χ1n) is 16.5. The minimum Gasteiger partial charge on any atom is -0.456 e. The van der Waals surface area contributed by atoms with Crippen molar-refractivity contribution in [3.63, 3.8) is 0 Å². The Labute approximate surface area is 275 Å². The summed E-state index contributed by atoms with van der Waals surface area (Å²) in [7, 11) is 0. The van der Waals surface area contributed by atoms with E-state index in [0.717, 1.165) is 96.2 Å². The standard InChI is InChI=1S/C41H38O6/c1-26-11-17-32(18-12-26)46-36(42)21-15-30-23-28-7-3-5-9-34(28)38-39-35-10-6-4-8-29(35)24-31(41(39)45-25-44-40(30)38)16-22-37(43)47-33-19-13-27(2)14-20-33/h11-24H,3-10,25H2,1-2H3/b21-15-,22-16-. The molecule has 1 heterocycles. The van der Waals surface area contributed by atoms with Crippen molar-refractivity contribution >= 4 is 24.1 Å². The number of carbonyl (C=O) groups is 2. The van der Waals surface area contributed by atoms with Gasteiger partial charge in [-0.05, 0) is 136 Å². The fraction of sp³-hybridized carbons (Fsp3) is 0.268. The summed E-state index contributed by atoms with van der Waals surface area (Å²) in [6, 6.07) is 19.1. The van der Waals surface area contributed by atoms with E-state index in [2.05, 4.69) is 12.1 Å². The van der Waals surface area contributed by atoms with Crippen molar-refractivity contribution in [2.45, 2.75) is 65.2 Å². The van der Waals surface area contributed by atoms with Gasteiger partial charge in [0.25, 0.3) is 0 Å². The molecule has 238 valence electrons. The maximum absolute atomic E-state index is 12.9. The molecular weight excluding hydrogens is 588 g/mol. The normalized spacial score (nSPS) is 15.0. The first-order chi connectivity index (χ1) is 22.9. The molecule has 0 N–H and O–H groups in total. The van der Waals surface area contributed by atoms with E-state index in [0.29, 0.717) is 11.5 Å². The second-order valence-electron chi connectivity index (χ2n) is 12.6. The second-order valence-corrected chi connectivity index (χ2v) is 12.6. The van der Waals surface area contributed by atoms with Gasteiger partial charge >= 0.3 is 11.9 Å². The summed E-state index contributed by atoms with van der Waals surface area (Å²) in [5, 5.41) is 0. The Hall–Kier alpha value is -5.10. The van der Waals surface area contributed by atoms with Gasteiger partial charge in [0.05, 0.1) is 0 Å². The lowest BCUT2D eigenvalue weighted by atomic mass is 9.78. The summed E-state index contributed by atoms with van der Waals surface area (Å²) in [4.78, 5) is 25.7. The van der Waals surface area contributed by atoms with Gasteiger partial charge in [0.2, 0.25) is 6.79 Å². The number of rotatable bonds is 6. The van der Waals surface area contributed by atoms with E-state index < -0.39 is 11.9 Å². The maximum Gasteiger partial charge on any atom is 0.336 e. The van der Waals surface area contributed by atoms with E-state index in [1.54, 1.807) is 36.4 Å². The SMILES string of the molecule is Cc1ccc(OC(=O)/C=C\c2cc3c(c4c2OCOc2c(/C=C\C(=O)Oc5ccc(C)cc5)cc5c(c2-4)CCCC5)CCCC3)cc1. The number of hydrogen-bond acceptors (Lipinski definition) is 6. The first-order valence-corrected chi connectivity index (χ1v) is 16.5. The highest BCUT2D eigenvalue weighted by molar-refractivity contribution is 5.95. The Kier molecular flexibility index (Phi) is 8.66. The van der Waals surface area contributed by atoms with E-state index in [9.17, 15) is 9.59 Å². The molecule has 3 aliphatic rings. The average molecular weight is 627 g/mol. The minimum atomic E-state index is -0.451. The van der Waals surface area contributed by atoms with Crippen molar-refractivity contribution in [3.8, 4) is 34.1 Å². The smallest absolute Gasteiger partial charge is 0.336 e. The van der Waals surface area contributed by atoms with Crippen molar-refractivity contribution in [2.24, 2.45) is 0 Å². The van der Waals surface area contributed by atoms with Crippen molar-refractivity contribution in [3.05, 3.63) is 117 Å². The van der Waals surface area contributed by atoms with Gasteiger partial charge in [0, 0.05) is 34.4 Å². The Morgan fingerprint density at radius 2 is 1.00 bits per heavy atom. The van der Waals surface area contributed by atoms with Crippen LogP contribution in [-0.4, -0.2) is 18.7 Å². The summed E-state index contributed by atoms with van der Waals surface area (Å²) in [6.45, 7) is 3.99. The van der Waals surface area contributed by atoms with E-state index in [-0.39, 0.29) is 6.79 Å². The first kappa shape index (κ1) is 30.5. The number of ether oxygens (including phenoxy) is 4. The molecule has 0 amide bonds. The zero-order valence-electron chi connectivity index (χ0n) is 26.9. The summed E-state index contributed by atoms with van der Waals surface area (Å²) < 4.78 is 24.0. The molecule has 4 aromatic rings. The molecule has 0 radical (unpaired) electrons. The molecule has 2 aliphatic carbocycles. The highest BCUT2D eigenvalue weighted by Gasteiger charge is 2.31. The topological polar surface area (TPSA) is 71.1 Å². The average Bonchev–Trinajstić information content (AvgIpc) is 3.29. The summed E-state index contributed by atoms with van der Waals surface area (Å²) in [6.07, 6.45) is 14.7. The van der Waals surface area contributed by atoms with E-state index in [1.807, 2.05) is 38.1 Å². The van der Waals surface area contributed by atoms with Crippen LogP contribution in [0.5, 0.6) is 23.0 Å². The molecular formula is C41H38O6. The van der Waals surface area contributed by atoms with Gasteiger partial charge in [-0.1, -0.05) is 35.4 Å². The van der Waals surface area contributed by atoms with Crippen molar-refractivity contribution < 1.29 is 28.5 Å². The van der Waals surface area contributed by atoms with Crippen LogP contribution in [-0.2, 0) is 35.3 Å². The van der Waals surface area contributed by atoms with Gasteiger partial charge in [-0.25, -0.2) is 9.59 Å². The molecule has 4 aromatic carbocycles. The summed E-state index contributed by atoms with van der Waals surface area (Å²) in [5.41, 5.74) is 11.1. The lowest BCUT2D eigenvalue weighted by molar-refractivity contribution is -0.129. The van der Waals surface area contributed by atoms with Gasteiger partial charge in [-0.15, -0.1) is 0 Å². The van der Waals surface area contributed by atoms with Crippen LogP contribution >= 0.6 is 0 Å². The zero-order valence-corrected chi connectivity index (χ0v) is 26.9. The van der Waals surface area contributed by atoms with E-state index in [4.69, 9.17) is 18.9 Å². The number of hydrogen-bond donors (Lipinski definition) is 0. The molecule has 6 nitrogen and oxygen atoms in total. The van der Waals surface area contributed by atoms with E-state index >= 15 is 0 Å². The molecule has 0 unspecified atom stereocenters. The minimum absolute atomic E-state index is 0.000872. The molecule has 7 rings (SSSR count). The third kappa shape index (κ3) is 6.59. The molecule has 0 aromatic heterocycles. The van der Waals surface area contributed by atoms with Crippen LogP contribution in [0.3, 0.4) is 0 Å². The highest BCUT2D eigenvalue weighted by Crippen LogP contribution is 2.51. The van der Waals surface area contributed by atoms with Crippen LogP contribution in [0.25, 0.3) is 23.3 Å². The third-order valence-electron chi connectivity index (χ3n) is 9.20. The van der Waals surface area contributed by atoms with Crippen LogP contribution in [0.2, 0.25) is 0 Å². The third-order valence-corrected chi connectivity index (χ3v) is 9.20. The molecule has 0 spiro atoms. The largest absolute Gasteiger partial charge is 0.456 e. The van der Waals surface area contributed by atoms with Crippen molar-refractivity contribution in [1.82, 2.24) is 0 Å². The van der Waals surface area contributed by atoms with Gasteiger partial charge in [0.1, 0.15) is 23.0 Å². The Bertz CT molecular complexity index is 1760. The summed E-state index contributed by atoms with van der Waals surface area (Å²) in [5.74, 6) is 1.54. The predicted octanol–water partition coefficient (Wildman–Crippen LogP) is 8.69. The predicted molar refractivity (Wildman–Crippen MR) is 183 cm³/mol. The van der Waals surface area contributed by atoms with Gasteiger partial charge in [0.15, 0.2) is 0 Å². The summed E-state index contributed by atoms with van der Waals surface area (Å²) >= 11 is 0. The lowest BCUT2D eigenvalue weighted by Crippen LogP contribution is -2.11. The van der Waals surface area contributed by atoms with Crippen LogP contribution in [0.4, 0.5) is 0 Å². The fourth-order valence-corrected chi connectivity index (χ4v) is 6.88. The van der Waals surface area contributed by atoms with Gasteiger partial charge < -0.3 is 18.9 Å². The molecule has 0 saturated heterocycles. The van der Waals surface area contributed by atoms with Crippen LogP contribution in [0, 0.1) is 13.8 Å². The molecule has 0 bridgehead atoms. The molecule has 47 heavy (non-hydrogen) atoms. The quantitative estimate of drug-likeness (QED) is 0.121. The van der Waals surface area contributed by atoms with Crippen molar-refractivity contribution in [2.75, 3.05) is 6.79 Å². The molecule has 0 saturated carbocycles. The fourth-order valence-electron chi connectivity index (χ4n) is 6.88. The number of benzene rings is 4. The van der Waals surface area contributed by atoms with Crippen LogP contribution in [0.1, 0.15) is 70.2 Å².